The van der Waals surface area contributed by atoms with Crippen LogP contribution in [0.1, 0.15) is 40.7 Å². The van der Waals surface area contributed by atoms with Crippen LogP contribution in [-0.2, 0) is 17.0 Å². The highest BCUT2D eigenvalue weighted by Crippen LogP contribution is 2.31. The molecule has 0 aliphatic carbocycles. The molecule has 1 unspecified atom stereocenters. The van der Waals surface area contributed by atoms with E-state index in [4.69, 9.17) is 0 Å². The Morgan fingerprint density at radius 2 is 2.14 bits per heavy atom. The highest BCUT2D eigenvalue weighted by Gasteiger charge is 2.26. The summed E-state index contributed by atoms with van der Waals surface area (Å²) in [6, 6.07) is 6.31. The van der Waals surface area contributed by atoms with Gasteiger partial charge in [0.1, 0.15) is 10.7 Å². The summed E-state index contributed by atoms with van der Waals surface area (Å²) in [7, 11) is 0. The normalized spacial score (nSPS) is 14.8. The monoisotopic (exact) mass is 427 g/mol. The van der Waals surface area contributed by atoms with Crippen molar-refractivity contribution in [2.45, 2.75) is 51.5 Å². The van der Waals surface area contributed by atoms with E-state index in [1.54, 1.807) is 11.3 Å². The lowest BCUT2D eigenvalue weighted by Gasteiger charge is -2.31. The highest BCUT2D eigenvalue weighted by atomic mass is 32.2. The zero-order chi connectivity index (χ0) is 20.7. The Labute approximate surface area is 178 Å². The highest BCUT2D eigenvalue weighted by molar-refractivity contribution is 7.99. The van der Waals surface area contributed by atoms with Crippen molar-refractivity contribution in [3.05, 3.63) is 55.9 Å². The number of hydrogen-bond donors (Lipinski definition) is 1. The summed E-state index contributed by atoms with van der Waals surface area (Å²) in [6.07, 6.45) is 2.01. The Morgan fingerprint density at radius 1 is 1.34 bits per heavy atom. The number of benzene rings is 1. The van der Waals surface area contributed by atoms with Crippen molar-refractivity contribution in [1.82, 2.24) is 9.97 Å². The quantitative estimate of drug-likeness (QED) is 0.665. The minimum atomic E-state index is -0.213. The van der Waals surface area contributed by atoms with Crippen molar-refractivity contribution >= 4 is 44.9 Å². The molecule has 1 aliphatic rings. The van der Waals surface area contributed by atoms with Crippen molar-refractivity contribution in [1.29, 1.82) is 0 Å². The number of amides is 1. The van der Waals surface area contributed by atoms with E-state index in [0.29, 0.717) is 17.0 Å². The Kier molecular flexibility index (Phi) is 5.53. The molecule has 0 fully saturated rings. The van der Waals surface area contributed by atoms with E-state index in [0.717, 1.165) is 40.3 Å². The predicted molar refractivity (Wildman–Crippen MR) is 122 cm³/mol. The number of aromatic amines is 1. The average molecular weight is 428 g/mol. The topological polar surface area (TPSA) is 66.1 Å². The lowest BCUT2D eigenvalue weighted by molar-refractivity contribution is -0.117. The number of nitrogens with one attached hydrogen (secondary N) is 1. The van der Waals surface area contributed by atoms with Crippen molar-refractivity contribution in [3.8, 4) is 0 Å². The molecule has 1 aliphatic heterocycles. The minimum Gasteiger partial charge on any atom is -0.311 e. The Balaban J connectivity index is 1.49. The fourth-order valence-electron chi connectivity index (χ4n) is 3.82. The van der Waals surface area contributed by atoms with Crippen molar-refractivity contribution < 1.29 is 4.79 Å². The first-order valence-corrected chi connectivity index (χ1v) is 11.7. The number of carbonyl (C=O) groups excluding carboxylic acids is 1. The third kappa shape index (κ3) is 3.85. The van der Waals surface area contributed by atoms with Gasteiger partial charge in [-0.1, -0.05) is 17.7 Å². The van der Waals surface area contributed by atoms with Gasteiger partial charge < -0.3 is 9.88 Å². The number of carbonyl (C=O) groups is 1. The maximum atomic E-state index is 13.1. The van der Waals surface area contributed by atoms with Crippen LogP contribution < -0.4 is 10.5 Å². The van der Waals surface area contributed by atoms with Crippen molar-refractivity contribution in [3.63, 3.8) is 0 Å². The first-order chi connectivity index (χ1) is 13.8. The molecule has 1 N–H and O–H groups in total. The van der Waals surface area contributed by atoms with Gasteiger partial charge in [-0.15, -0.1) is 23.1 Å². The summed E-state index contributed by atoms with van der Waals surface area (Å²) in [5.41, 5.74) is 4.43. The van der Waals surface area contributed by atoms with E-state index in [1.165, 1.54) is 22.9 Å². The maximum Gasteiger partial charge on any atom is 0.259 e. The molecule has 5 nitrogen and oxygen atoms in total. The largest absolute Gasteiger partial charge is 0.311 e. The van der Waals surface area contributed by atoms with Crippen LogP contribution in [0.15, 0.2) is 23.0 Å². The number of hydrogen-bond acceptors (Lipinski definition) is 5. The average Bonchev–Trinajstić information content (AvgIpc) is 2.98. The summed E-state index contributed by atoms with van der Waals surface area (Å²) in [6.45, 7) is 8.74. The van der Waals surface area contributed by atoms with Crippen molar-refractivity contribution in [2.75, 3.05) is 11.4 Å². The number of fused-ring (bicyclic) bond motifs is 2. The smallest absolute Gasteiger partial charge is 0.259 e. The number of H-pyrrole nitrogens is 1. The molecule has 0 saturated heterocycles. The number of nitrogens with zero attached hydrogens (tertiary/aromatic N) is 2. The fraction of sp³-hybridized carbons (Fsp3) is 0.409. The van der Waals surface area contributed by atoms with Gasteiger partial charge >= 0.3 is 0 Å². The van der Waals surface area contributed by atoms with Crippen LogP contribution in [0.2, 0.25) is 0 Å². The van der Waals surface area contributed by atoms with Gasteiger partial charge in [-0.3, -0.25) is 9.59 Å². The summed E-state index contributed by atoms with van der Waals surface area (Å²) < 4.78 is 0. The molecular weight excluding hydrogens is 402 g/mol. The SMILES string of the molecule is Cc1ccc2c(c1)CCCN2C(=O)C(C)SCc1nc2sc(C)c(C)c2c(=O)[nH]1. The van der Waals surface area contributed by atoms with Crippen LogP contribution >= 0.6 is 23.1 Å². The summed E-state index contributed by atoms with van der Waals surface area (Å²) >= 11 is 3.07. The molecule has 1 atom stereocenters. The second kappa shape index (κ2) is 7.95. The van der Waals surface area contributed by atoms with Gasteiger partial charge in [0, 0.05) is 17.1 Å². The van der Waals surface area contributed by atoms with Crippen LogP contribution in [-0.4, -0.2) is 27.7 Å². The van der Waals surface area contributed by atoms with E-state index in [1.807, 2.05) is 25.7 Å². The minimum absolute atomic E-state index is 0.0910. The van der Waals surface area contributed by atoms with Crippen LogP contribution in [0, 0.1) is 20.8 Å². The van der Waals surface area contributed by atoms with E-state index >= 15 is 0 Å². The lowest BCUT2D eigenvalue weighted by atomic mass is 9.99. The van der Waals surface area contributed by atoms with Crippen molar-refractivity contribution in [2.24, 2.45) is 0 Å². The third-order valence-electron chi connectivity index (χ3n) is 5.53. The first kappa shape index (κ1) is 20.2. The molecule has 0 bridgehead atoms. The van der Waals surface area contributed by atoms with Gasteiger partial charge in [-0.2, -0.15) is 0 Å². The van der Waals surface area contributed by atoms with Gasteiger partial charge in [0.05, 0.1) is 16.4 Å². The van der Waals surface area contributed by atoms with E-state index < -0.39 is 0 Å². The zero-order valence-corrected chi connectivity index (χ0v) is 18.8. The van der Waals surface area contributed by atoms with Gasteiger partial charge in [0.15, 0.2) is 0 Å². The molecule has 29 heavy (non-hydrogen) atoms. The van der Waals surface area contributed by atoms with Crippen LogP contribution in [0.5, 0.6) is 0 Å². The van der Waals surface area contributed by atoms with Crippen LogP contribution in [0.4, 0.5) is 5.69 Å². The Hall–Kier alpha value is -2.12. The van der Waals surface area contributed by atoms with Crippen LogP contribution in [0.25, 0.3) is 10.2 Å². The molecule has 152 valence electrons. The summed E-state index contributed by atoms with van der Waals surface area (Å²) in [5, 5.41) is 0.473. The summed E-state index contributed by atoms with van der Waals surface area (Å²) in [5.74, 6) is 1.25. The number of thioether (sulfide) groups is 1. The van der Waals surface area contributed by atoms with E-state index in [2.05, 4.69) is 35.1 Å². The number of rotatable bonds is 4. The van der Waals surface area contributed by atoms with Gasteiger partial charge in [-0.05, 0) is 57.7 Å². The molecule has 3 heterocycles. The fourth-order valence-corrected chi connectivity index (χ4v) is 5.68. The molecule has 2 aromatic heterocycles. The first-order valence-electron chi connectivity index (χ1n) is 9.86. The number of aryl methyl sites for hydroxylation is 4. The number of anilines is 1. The number of aromatic nitrogens is 2. The molecule has 4 rings (SSSR count). The zero-order valence-electron chi connectivity index (χ0n) is 17.2. The molecule has 0 spiro atoms. The third-order valence-corrected chi connectivity index (χ3v) is 7.77. The second-order valence-electron chi connectivity index (χ2n) is 7.65. The maximum absolute atomic E-state index is 13.1. The van der Waals surface area contributed by atoms with E-state index in [9.17, 15) is 9.59 Å². The van der Waals surface area contributed by atoms with Gasteiger partial charge in [0.2, 0.25) is 5.91 Å². The second-order valence-corrected chi connectivity index (χ2v) is 10.2. The Bertz CT molecular complexity index is 1150. The molecule has 1 amide bonds. The molecule has 7 heteroatoms. The molecule has 1 aromatic carbocycles. The van der Waals surface area contributed by atoms with Gasteiger partial charge in [0.25, 0.3) is 5.56 Å². The molecule has 0 radical (unpaired) electrons. The molecular formula is C22H25N3O2S2. The molecule has 0 saturated carbocycles. The predicted octanol–water partition coefficient (Wildman–Crippen LogP) is 4.51. The molecule has 3 aromatic rings. The Morgan fingerprint density at radius 3 is 2.93 bits per heavy atom. The lowest BCUT2D eigenvalue weighted by Crippen LogP contribution is -2.40. The van der Waals surface area contributed by atoms with Crippen LogP contribution in [0.3, 0.4) is 0 Å². The standard InChI is InChI=1S/C22H25N3O2S2/c1-12-7-8-17-16(10-12)6-5-9-25(17)22(27)15(4)28-11-18-23-20(26)19-13(2)14(3)29-21(19)24-18/h7-8,10,15H,5-6,9,11H2,1-4H3,(H,23,24,26). The van der Waals surface area contributed by atoms with Gasteiger partial charge in [-0.25, -0.2) is 4.98 Å². The van der Waals surface area contributed by atoms with E-state index in [-0.39, 0.29) is 16.7 Å². The summed E-state index contributed by atoms with van der Waals surface area (Å²) in [4.78, 5) is 36.9. The number of thiophene rings is 1.